The number of hydrogen-bond acceptors (Lipinski definition) is 2. The Kier molecular flexibility index (Phi) is 8.16. The van der Waals surface area contributed by atoms with Crippen LogP contribution in [0.5, 0.6) is 0 Å². The van der Waals surface area contributed by atoms with Crippen LogP contribution in [-0.4, -0.2) is 10.2 Å². The molecule has 0 unspecified atom stereocenters. The van der Waals surface area contributed by atoms with Gasteiger partial charge in [-0.05, 0) is 86.8 Å². The van der Waals surface area contributed by atoms with E-state index in [1.165, 1.54) is 100 Å². The van der Waals surface area contributed by atoms with Crippen molar-refractivity contribution in [2.45, 2.75) is 109 Å². The average molecular weight is 419 g/mol. The molecule has 2 aromatic rings. The summed E-state index contributed by atoms with van der Waals surface area (Å²) < 4.78 is 0. The fraction of sp³-hybridized carbons (Fsp3) is 0.655. The fourth-order valence-electron chi connectivity index (χ4n) is 5.97. The molecule has 0 atom stereocenters. The molecule has 0 radical (unpaired) electrons. The first-order valence-corrected chi connectivity index (χ1v) is 13.2. The van der Waals surface area contributed by atoms with Crippen LogP contribution in [0.2, 0.25) is 0 Å². The molecule has 1 aromatic carbocycles. The van der Waals surface area contributed by atoms with Crippen LogP contribution in [-0.2, 0) is 0 Å². The molecule has 31 heavy (non-hydrogen) atoms. The smallest absolute Gasteiger partial charge is 0.0929 e. The molecular weight excluding hydrogens is 376 g/mol. The fourth-order valence-corrected chi connectivity index (χ4v) is 5.97. The van der Waals surface area contributed by atoms with Gasteiger partial charge in [0, 0.05) is 11.5 Å². The predicted molar refractivity (Wildman–Crippen MR) is 131 cm³/mol. The molecule has 1 aromatic heterocycles. The van der Waals surface area contributed by atoms with E-state index in [9.17, 15) is 0 Å². The molecule has 0 aliphatic heterocycles. The van der Waals surface area contributed by atoms with Gasteiger partial charge < -0.3 is 0 Å². The van der Waals surface area contributed by atoms with Crippen molar-refractivity contribution in [2.24, 2.45) is 11.8 Å². The van der Waals surface area contributed by atoms with Crippen molar-refractivity contribution in [1.29, 1.82) is 0 Å². The summed E-state index contributed by atoms with van der Waals surface area (Å²) in [4.78, 5) is 0. The van der Waals surface area contributed by atoms with Crippen LogP contribution >= 0.6 is 0 Å². The van der Waals surface area contributed by atoms with Crippen molar-refractivity contribution >= 4 is 0 Å². The molecule has 168 valence electrons. The van der Waals surface area contributed by atoms with Gasteiger partial charge in [-0.15, -0.1) is 0 Å². The monoisotopic (exact) mass is 418 g/mol. The number of aromatic nitrogens is 2. The summed E-state index contributed by atoms with van der Waals surface area (Å²) in [5, 5.41) is 9.28. The summed E-state index contributed by atoms with van der Waals surface area (Å²) in [6.07, 6.45) is 17.8. The van der Waals surface area contributed by atoms with E-state index in [1.54, 1.807) is 0 Å². The van der Waals surface area contributed by atoms with Crippen LogP contribution in [0.25, 0.3) is 11.3 Å². The van der Waals surface area contributed by atoms with Gasteiger partial charge in [-0.3, -0.25) is 0 Å². The highest BCUT2D eigenvalue weighted by molar-refractivity contribution is 5.59. The van der Waals surface area contributed by atoms with Gasteiger partial charge in [-0.1, -0.05) is 70.2 Å². The lowest BCUT2D eigenvalue weighted by atomic mass is 9.78. The van der Waals surface area contributed by atoms with E-state index in [-0.39, 0.29) is 0 Å². The zero-order chi connectivity index (χ0) is 21.5. The molecule has 0 amide bonds. The third kappa shape index (κ3) is 5.96. The molecule has 0 N–H and O–H groups in total. The summed E-state index contributed by atoms with van der Waals surface area (Å²) >= 11 is 0. The Hall–Kier alpha value is -1.70. The number of rotatable bonds is 8. The first kappa shape index (κ1) is 22.5. The van der Waals surface area contributed by atoms with Crippen LogP contribution in [0, 0.1) is 11.8 Å². The zero-order valence-electron chi connectivity index (χ0n) is 19.9. The Morgan fingerprint density at radius 1 is 0.677 bits per heavy atom. The van der Waals surface area contributed by atoms with Crippen molar-refractivity contribution in [2.75, 3.05) is 0 Å². The quantitative estimate of drug-likeness (QED) is 0.401. The SMILES string of the molecule is CCCCCC1CCC(c2ccc(-c3ccc(C4CCC(CC)CC4)cc3)nn2)CC1. The Labute approximate surface area is 190 Å². The molecule has 2 fully saturated rings. The second kappa shape index (κ2) is 11.2. The Bertz CT molecular complexity index is 763. The van der Waals surface area contributed by atoms with Gasteiger partial charge >= 0.3 is 0 Å². The molecular formula is C29H42N2. The molecule has 2 saturated carbocycles. The minimum absolute atomic E-state index is 0.615. The summed E-state index contributed by atoms with van der Waals surface area (Å²) in [6.45, 7) is 4.64. The second-order valence-corrected chi connectivity index (χ2v) is 10.3. The number of unbranched alkanes of at least 4 members (excludes halogenated alkanes) is 2. The summed E-state index contributed by atoms with van der Waals surface area (Å²) in [6, 6.07) is 13.6. The van der Waals surface area contributed by atoms with E-state index in [1.807, 2.05) is 0 Å². The largest absolute Gasteiger partial charge is 0.155 e. The highest BCUT2D eigenvalue weighted by atomic mass is 15.1. The average Bonchev–Trinajstić information content (AvgIpc) is 2.85. The Morgan fingerprint density at radius 2 is 1.35 bits per heavy atom. The maximum atomic E-state index is 4.66. The molecule has 2 aliphatic rings. The third-order valence-electron chi connectivity index (χ3n) is 8.27. The van der Waals surface area contributed by atoms with Crippen LogP contribution < -0.4 is 0 Å². The molecule has 2 aliphatic carbocycles. The second-order valence-electron chi connectivity index (χ2n) is 10.3. The van der Waals surface area contributed by atoms with E-state index >= 15 is 0 Å². The third-order valence-corrected chi connectivity index (χ3v) is 8.27. The van der Waals surface area contributed by atoms with Crippen LogP contribution in [0.3, 0.4) is 0 Å². The Morgan fingerprint density at radius 3 is 1.97 bits per heavy atom. The highest BCUT2D eigenvalue weighted by Gasteiger charge is 2.24. The van der Waals surface area contributed by atoms with E-state index in [4.69, 9.17) is 0 Å². The molecule has 2 nitrogen and oxygen atoms in total. The lowest BCUT2D eigenvalue weighted by Crippen LogP contribution is -2.14. The summed E-state index contributed by atoms with van der Waals surface area (Å²) in [7, 11) is 0. The van der Waals surface area contributed by atoms with Crippen molar-refractivity contribution in [3.8, 4) is 11.3 Å². The standard InChI is InChI=1S/C29H42N2/c1-3-5-6-7-23-10-14-26(15-11-23)28-20-21-29(31-30-28)27-18-16-25(17-19-27)24-12-8-22(4-2)9-13-24/h16-24,26H,3-15H2,1-2H3. The Balaban J connectivity index is 1.30. The lowest BCUT2D eigenvalue weighted by Gasteiger charge is -2.28. The van der Waals surface area contributed by atoms with Gasteiger partial charge in [0.25, 0.3) is 0 Å². The maximum Gasteiger partial charge on any atom is 0.0929 e. The minimum Gasteiger partial charge on any atom is -0.155 e. The predicted octanol–water partition coefficient (Wildman–Crippen LogP) is 8.68. The molecule has 0 spiro atoms. The van der Waals surface area contributed by atoms with Gasteiger partial charge in [-0.25, -0.2) is 0 Å². The van der Waals surface area contributed by atoms with Crippen molar-refractivity contribution < 1.29 is 0 Å². The minimum atomic E-state index is 0.615. The molecule has 4 rings (SSSR count). The van der Waals surface area contributed by atoms with Crippen LogP contribution in [0.1, 0.15) is 120 Å². The van der Waals surface area contributed by atoms with Gasteiger partial charge in [0.05, 0.1) is 11.4 Å². The van der Waals surface area contributed by atoms with Gasteiger partial charge in [-0.2, -0.15) is 10.2 Å². The molecule has 0 bridgehead atoms. The lowest BCUT2D eigenvalue weighted by molar-refractivity contribution is 0.299. The van der Waals surface area contributed by atoms with Gasteiger partial charge in [0.15, 0.2) is 0 Å². The van der Waals surface area contributed by atoms with Gasteiger partial charge in [0.2, 0.25) is 0 Å². The maximum absolute atomic E-state index is 4.66. The van der Waals surface area contributed by atoms with Gasteiger partial charge in [0.1, 0.15) is 0 Å². The van der Waals surface area contributed by atoms with Crippen molar-refractivity contribution in [3.05, 3.63) is 47.7 Å². The topological polar surface area (TPSA) is 25.8 Å². The number of nitrogens with zero attached hydrogens (tertiary/aromatic N) is 2. The molecule has 0 saturated heterocycles. The number of benzene rings is 1. The number of hydrogen-bond donors (Lipinski definition) is 0. The normalized spacial score (nSPS) is 26.6. The molecule has 2 heteroatoms. The van der Waals surface area contributed by atoms with E-state index < -0.39 is 0 Å². The van der Waals surface area contributed by atoms with Crippen LogP contribution in [0.15, 0.2) is 36.4 Å². The van der Waals surface area contributed by atoms with Crippen molar-refractivity contribution in [1.82, 2.24) is 10.2 Å². The van der Waals surface area contributed by atoms with Crippen LogP contribution in [0.4, 0.5) is 0 Å². The van der Waals surface area contributed by atoms with E-state index in [2.05, 4.69) is 60.4 Å². The summed E-state index contributed by atoms with van der Waals surface area (Å²) in [5.41, 5.74) is 4.93. The molecule has 1 heterocycles. The highest BCUT2D eigenvalue weighted by Crippen LogP contribution is 2.38. The first-order chi connectivity index (χ1) is 15.3. The summed E-state index contributed by atoms with van der Waals surface area (Å²) in [5.74, 6) is 3.28. The van der Waals surface area contributed by atoms with Crippen molar-refractivity contribution in [3.63, 3.8) is 0 Å². The van der Waals surface area contributed by atoms with E-state index in [0.29, 0.717) is 5.92 Å². The first-order valence-electron chi connectivity index (χ1n) is 13.2. The zero-order valence-corrected chi connectivity index (χ0v) is 19.9. The van der Waals surface area contributed by atoms with E-state index in [0.717, 1.165) is 23.4 Å².